The number of nitrogens with one attached hydrogen (secondary N) is 1. The maximum Gasteiger partial charge on any atom is 0.140 e. The molecule has 1 saturated heterocycles. The number of rotatable bonds is 9. The van der Waals surface area contributed by atoms with Crippen molar-refractivity contribution in [1.29, 1.82) is 0 Å². The normalized spacial score (nSPS) is 17.8. The van der Waals surface area contributed by atoms with Crippen LogP contribution in [-0.4, -0.2) is 66.2 Å². The van der Waals surface area contributed by atoms with E-state index in [0.717, 1.165) is 85.5 Å². The molecule has 1 saturated carbocycles. The standard InChI is InChI=1S/C25H36N6O2Si/c1-25(7-8-25)33-19-5-6-21-20(15-19)24(31(29-21)18-32-13-14-34(2,3)4)22-16-23(28-17-27-22)30-11-9-26-10-12-30/h5-6,15-17,26H,7-14,18H2,1-4H3. The highest BCUT2D eigenvalue weighted by Gasteiger charge is 2.40. The molecule has 8 nitrogen and oxygen atoms in total. The van der Waals surface area contributed by atoms with Crippen molar-refractivity contribution in [3.8, 4) is 17.1 Å². The summed E-state index contributed by atoms with van der Waals surface area (Å²) in [6.07, 6.45) is 3.86. The zero-order chi connectivity index (χ0) is 23.8. The summed E-state index contributed by atoms with van der Waals surface area (Å²) in [5, 5.41) is 9.31. The summed E-state index contributed by atoms with van der Waals surface area (Å²) < 4.78 is 14.3. The van der Waals surface area contributed by atoms with Crippen LogP contribution in [0.25, 0.3) is 22.3 Å². The topological polar surface area (TPSA) is 77.3 Å². The molecule has 1 aliphatic carbocycles. The molecule has 2 aliphatic rings. The zero-order valence-electron chi connectivity index (χ0n) is 20.8. The van der Waals surface area contributed by atoms with E-state index in [2.05, 4.69) is 58.9 Å². The minimum Gasteiger partial charge on any atom is -0.488 e. The molecule has 182 valence electrons. The fourth-order valence-electron chi connectivity index (χ4n) is 4.17. The van der Waals surface area contributed by atoms with Gasteiger partial charge in [0, 0.05) is 52.3 Å². The Labute approximate surface area is 202 Å². The fraction of sp³-hybridized carbons (Fsp3) is 0.560. The van der Waals surface area contributed by atoms with Gasteiger partial charge in [-0.3, -0.25) is 0 Å². The van der Waals surface area contributed by atoms with Crippen molar-refractivity contribution in [3.63, 3.8) is 0 Å². The smallest absolute Gasteiger partial charge is 0.140 e. The molecule has 2 fully saturated rings. The summed E-state index contributed by atoms with van der Waals surface area (Å²) in [4.78, 5) is 11.5. The maximum atomic E-state index is 6.26. The maximum absolute atomic E-state index is 6.26. The van der Waals surface area contributed by atoms with E-state index in [1.54, 1.807) is 6.33 Å². The molecule has 2 aromatic heterocycles. The third-order valence-corrected chi connectivity index (χ3v) is 8.28. The molecule has 1 aromatic carbocycles. The Kier molecular flexibility index (Phi) is 6.35. The number of nitrogens with zero attached hydrogens (tertiary/aromatic N) is 5. The first-order valence-electron chi connectivity index (χ1n) is 12.4. The van der Waals surface area contributed by atoms with Crippen LogP contribution in [0.4, 0.5) is 5.82 Å². The predicted octanol–water partition coefficient (Wildman–Crippen LogP) is 4.15. The number of aromatic nitrogens is 4. The number of benzene rings is 1. The second-order valence-corrected chi connectivity index (χ2v) is 16.5. The molecular weight excluding hydrogens is 444 g/mol. The molecule has 34 heavy (non-hydrogen) atoms. The summed E-state index contributed by atoms with van der Waals surface area (Å²) in [7, 11) is -1.16. The predicted molar refractivity (Wildman–Crippen MR) is 138 cm³/mol. The van der Waals surface area contributed by atoms with Crippen LogP contribution >= 0.6 is 0 Å². The highest BCUT2D eigenvalue weighted by molar-refractivity contribution is 6.76. The first kappa shape index (κ1) is 23.3. The number of hydrogen-bond donors (Lipinski definition) is 1. The molecule has 3 aromatic rings. The third-order valence-electron chi connectivity index (χ3n) is 6.57. The molecular formula is C25H36N6O2Si. The third kappa shape index (κ3) is 5.42. The Morgan fingerprint density at radius 1 is 1.09 bits per heavy atom. The minimum atomic E-state index is -1.16. The quantitative estimate of drug-likeness (QED) is 0.364. The molecule has 3 heterocycles. The van der Waals surface area contributed by atoms with E-state index >= 15 is 0 Å². The summed E-state index contributed by atoms with van der Waals surface area (Å²) in [6, 6.07) is 9.37. The molecule has 1 aliphatic heterocycles. The van der Waals surface area contributed by atoms with Crippen LogP contribution in [0.1, 0.15) is 19.8 Å². The molecule has 9 heteroatoms. The molecule has 0 atom stereocenters. The van der Waals surface area contributed by atoms with E-state index in [0.29, 0.717) is 6.73 Å². The van der Waals surface area contributed by atoms with Gasteiger partial charge in [0.15, 0.2) is 0 Å². The first-order valence-corrected chi connectivity index (χ1v) is 16.1. The Hall–Kier alpha value is -2.49. The van der Waals surface area contributed by atoms with Crippen molar-refractivity contribution in [1.82, 2.24) is 25.1 Å². The fourth-order valence-corrected chi connectivity index (χ4v) is 4.93. The van der Waals surface area contributed by atoms with Crippen LogP contribution in [-0.2, 0) is 11.5 Å². The van der Waals surface area contributed by atoms with E-state index in [4.69, 9.17) is 14.6 Å². The van der Waals surface area contributed by atoms with Gasteiger partial charge in [0.2, 0.25) is 0 Å². The first-order chi connectivity index (χ1) is 16.3. The number of piperazine rings is 1. The van der Waals surface area contributed by atoms with E-state index < -0.39 is 8.07 Å². The van der Waals surface area contributed by atoms with Crippen molar-refractivity contribution in [2.24, 2.45) is 0 Å². The van der Waals surface area contributed by atoms with Crippen molar-refractivity contribution in [2.45, 2.75) is 57.8 Å². The van der Waals surface area contributed by atoms with Crippen molar-refractivity contribution < 1.29 is 9.47 Å². The van der Waals surface area contributed by atoms with Gasteiger partial charge >= 0.3 is 0 Å². The van der Waals surface area contributed by atoms with Gasteiger partial charge in [-0.1, -0.05) is 19.6 Å². The molecule has 0 amide bonds. The lowest BCUT2D eigenvalue weighted by molar-refractivity contribution is 0.0802. The Morgan fingerprint density at radius 3 is 2.62 bits per heavy atom. The Balaban J connectivity index is 1.49. The van der Waals surface area contributed by atoms with Crippen LogP contribution in [0.5, 0.6) is 5.75 Å². The van der Waals surface area contributed by atoms with Crippen LogP contribution in [0, 0.1) is 0 Å². The number of hydrogen-bond acceptors (Lipinski definition) is 7. The molecule has 0 spiro atoms. The van der Waals surface area contributed by atoms with Gasteiger partial charge in [-0.15, -0.1) is 0 Å². The van der Waals surface area contributed by atoms with E-state index in [1.807, 2.05) is 16.8 Å². The number of ether oxygens (including phenoxy) is 2. The summed E-state index contributed by atoms with van der Waals surface area (Å²) in [5.74, 6) is 1.83. The van der Waals surface area contributed by atoms with Crippen LogP contribution in [0.15, 0.2) is 30.6 Å². The van der Waals surface area contributed by atoms with Gasteiger partial charge in [-0.25, -0.2) is 14.6 Å². The number of fused-ring (bicyclic) bond motifs is 1. The van der Waals surface area contributed by atoms with Gasteiger partial charge in [-0.2, -0.15) is 5.10 Å². The lowest BCUT2D eigenvalue weighted by atomic mass is 10.1. The summed E-state index contributed by atoms with van der Waals surface area (Å²) >= 11 is 0. The van der Waals surface area contributed by atoms with Gasteiger partial charge < -0.3 is 19.7 Å². The lowest BCUT2D eigenvalue weighted by Gasteiger charge is -2.28. The van der Waals surface area contributed by atoms with Crippen LogP contribution < -0.4 is 15.0 Å². The van der Waals surface area contributed by atoms with Crippen molar-refractivity contribution in [2.75, 3.05) is 37.7 Å². The SMILES string of the molecule is CC1(Oc2ccc3nn(COCC[Si](C)(C)C)c(-c4cc(N5CCNCC5)ncn4)c3c2)CC1. The second kappa shape index (κ2) is 9.28. The van der Waals surface area contributed by atoms with Gasteiger partial charge in [0.25, 0.3) is 0 Å². The van der Waals surface area contributed by atoms with E-state index in [-0.39, 0.29) is 5.60 Å². The monoisotopic (exact) mass is 480 g/mol. The second-order valence-electron chi connectivity index (χ2n) is 10.9. The summed E-state index contributed by atoms with van der Waals surface area (Å²) in [6.45, 7) is 14.2. The van der Waals surface area contributed by atoms with E-state index in [1.165, 1.54) is 0 Å². The number of anilines is 1. The zero-order valence-corrected chi connectivity index (χ0v) is 21.8. The Bertz CT molecular complexity index is 1150. The van der Waals surface area contributed by atoms with Crippen LogP contribution in [0.2, 0.25) is 25.7 Å². The largest absolute Gasteiger partial charge is 0.488 e. The minimum absolute atomic E-state index is 0.0336. The van der Waals surface area contributed by atoms with Gasteiger partial charge in [-0.05, 0) is 44.0 Å². The molecule has 0 radical (unpaired) electrons. The van der Waals surface area contributed by atoms with Crippen molar-refractivity contribution >= 4 is 24.8 Å². The van der Waals surface area contributed by atoms with Gasteiger partial charge in [0.05, 0.1) is 16.9 Å². The summed E-state index contributed by atoms with van der Waals surface area (Å²) in [5.41, 5.74) is 2.69. The van der Waals surface area contributed by atoms with Crippen molar-refractivity contribution in [3.05, 3.63) is 30.6 Å². The molecule has 5 rings (SSSR count). The Morgan fingerprint density at radius 2 is 1.88 bits per heavy atom. The molecule has 0 bridgehead atoms. The van der Waals surface area contributed by atoms with E-state index in [9.17, 15) is 0 Å². The average Bonchev–Trinajstić information content (AvgIpc) is 3.43. The molecule has 1 N–H and O–H groups in total. The van der Waals surface area contributed by atoms with Gasteiger partial charge in [0.1, 0.15) is 30.2 Å². The highest BCUT2D eigenvalue weighted by atomic mass is 28.3. The molecule has 0 unspecified atom stereocenters. The average molecular weight is 481 g/mol. The van der Waals surface area contributed by atoms with Crippen LogP contribution in [0.3, 0.4) is 0 Å². The highest BCUT2D eigenvalue weighted by Crippen LogP contribution is 2.41. The lowest BCUT2D eigenvalue weighted by Crippen LogP contribution is -2.43.